The molecule has 3 nitrogen and oxygen atoms in total. The maximum Gasteiger partial charge on any atom is 0.107 e. The van der Waals surface area contributed by atoms with Crippen molar-refractivity contribution in [3.63, 3.8) is 0 Å². The smallest absolute Gasteiger partial charge is 0.107 e. The molecule has 0 aliphatic rings. The van der Waals surface area contributed by atoms with Crippen molar-refractivity contribution in [3.05, 3.63) is 21.3 Å². The lowest BCUT2D eigenvalue weighted by molar-refractivity contribution is -0.000813. The minimum absolute atomic E-state index is 0.0589. The Hall–Kier alpha value is -0.130. The van der Waals surface area contributed by atoms with Crippen LogP contribution in [-0.2, 0) is 9.47 Å². The van der Waals surface area contributed by atoms with Gasteiger partial charge in [-0.25, -0.2) is 0 Å². The van der Waals surface area contributed by atoms with Crippen LogP contribution in [0.3, 0.4) is 0 Å². The Labute approximate surface area is 105 Å². The van der Waals surface area contributed by atoms with Gasteiger partial charge in [-0.05, 0) is 26.0 Å². The van der Waals surface area contributed by atoms with E-state index in [4.69, 9.17) is 26.8 Å². The third-order valence-corrected chi connectivity index (χ3v) is 3.37. The Kier molecular flexibility index (Phi) is 6.31. The first-order valence-electron chi connectivity index (χ1n) is 5.35. The van der Waals surface area contributed by atoms with Gasteiger partial charge in [0.05, 0.1) is 17.6 Å². The van der Waals surface area contributed by atoms with Crippen molar-refractivity contribution in [2.24, 2.45) is 5.73 Å². The van der Waals surface area contributed by atoms with Gasteiger partial charge in [0.1, 0.15) is 6.10 Å². The molecule has 2 unspecified atom stereocenters. The van der Waals surface area contributed by atoms with E-state index in [2.05, 4.69) is 0 Å². The first kappa shape index (κ1) is 13.9. The molecule has 0 fully saturated rings. The molecule has 0 bridgehead atoms. The summed E-state index contributed by atoms with van der Waals surface area (Å²) < 4.78 is 11.7. The van der Waals surface area contributed by atoms with Crippen LogP contribution in [0.4, 0.5) is 0 Å². The van der Waals surface area contributed by atoms with Gasteiger partial charge in [0, 0.05) is 17.5 Å². The molecular weight excluding hydrogens is 246 g/mol. The van der Waals surface area contributed by atoms with Crippen molar-refractivity contribution in [1.29, 1.82) is 0 Å². The lowest BCUT2D eigenvalue weighted by atomic mass is 10.1. The number of halogens is 1. The molecule has 0 radical (unpaired) electrons. The topological polar surface area (TPSA) is 44.5 Å². The summed E-state index contributed by atoms with van der Waals surface area (Å²) >= 11 is 7.40. The highest BCUT2D eigenvalue weighted by Gasteiger charge is 2.18. The van der Waals surface area contributed by atoms with Gasteiger partial charge in [0.2, 0.25) is 0 Å². The van der Waals surface area contributed by atoms with Crippen molar-refractivity contribution in [2.75, 3.05) is 19.8 Å². The minimum Gasteiger partial charge on any atom is -0.379 e. The summed E-state index contributed by atoms with van der Waals surface area (Å²) in [6.07, 6.45) is -0.0991. The van der Waals surface area contributed by atoms with Crippen LogP contribution in [0.25, 0.3) is 0 Å². The quantitative estimate of drug-likeness (QED) is 0.770. The van der Waals surface area contributed by atoms with Gasteiger partial charge in [-0.15, -0.1) is 11.3 Å². The van der Waals surface area contributed by atoms with Gasteiger partial charge in [0.15, 0.2) is 0 Å². The molecule has 0 saturated carbocycles. The van der Waals surface area contributed by atoms with Gasteiger partial charge in [-0.3, -0.25) is 0 Å². The zero-order valence-corrected chi connectivity index (χ0v) is 11.2. The van der Waals surface area contributed by atoms with E-state index in [1.165, 1.54) is 11.3 Å². The Balaban J connectivity index is 2.48. The van der Waals surface area contributed by atoms with Crippen LogP contribution in [0.5, 0.6) is 0 Å². The Morgan fingerprint density at radius 1 is 1.44 bits per heavy atom. The second-order valence-corrected chi connectivity index (χ2v) is 5.24. The predicted molar refractivity (Wildman–Crippen MR) is 68.2 cm³/mol. The number of ether oxygens (including phenoxy) is 2. The fraction of sp³-hybridized carbons (Fsp3) is 0.636. The van der Waals surface area contributed by atoms with Crippen LogP contribution in [0, 0.1) is 0 Å². The summed E-state index contributed by atoms with van der Waals surface area (Å²) in [5.41, 5.74) is 5.89. The molecule has 0 aliphatic carbocycles. The molecule has 1 aromatic heterocycles. The molecule has 2 N–H and O–H groups in total. The van der Waals surface area contributed by atoms with Crippen LogP contribution < -0.4 is 5.73 Å². The van der Waals surface area contributed by atoms with Crippen LogP contribution in [0.1, 0.15) is 24.8 Å². The standard InChI is InChI=1S/C11H18ClNO2S/c1-3-14-6-7-15-11(8(2)13)9-4-5-10(12)16-9/h4-5,8,11H,3,6-7,13H2,1-2H3. The molecule has 5 heteroatoms. The fourth-order valence-corrected chi connectivity index (χ4v) is 2.58. The molecule has 1 rings (SSSR count). The Morgan fingerprint density at radius 2 is 2.19 bits per heavy atom. The first-order chi connectivity index (χ1) is 7.65. The molecule has 0 aliphatic heterocycles. The highest BCUT2D eigenvalue weighted by atomic mass is 35.5. The summed E-state index contributed by atoms with van der Waals surface area (Å²) in [7, 11) is 0. The summed E-state index contributed by atoms with van der Waals surface area (Å²) in [5, 5.41) is 0. The fourth-order valence-electron chi connectivity index (χ4n) is 1.35. The van der Waals surface area contributed by atoms with Crippen molar-refractivity contribution < 1.29 is 9.47 Å². The summed E-state index contributed by atoms with van der Waals surface area (Å²) in [5.74, 6) is 0. The largest absolute Gasteiger partial charge is 0.379 e. The lowest BCUT2D eigenvalue weighted by Crippen LogP contribution is -2.27. The average molecular weight is 264 g/mol. The van der Waals surface area contributed by atoms with Gasteiger partial charge in [-0.1, -0.05) is 11.6 Å². The van der Waals surface area contributed by atoms with E-state index < -0.39 is 0 Å². The normalized spacial score (nSPS) is 15.0. The third-order valence-electron chi connectivity index (χ3n) is 2.08. The van der Waals surface area contributed by atoms with Gasteiger partial charge in [0.25, 0.3) is 0 Å². The molecule has 0 spiro atoms. The van der Waals surface area contributed by atoms with Crippen LogP contribution in [0.15, 0.2) is 12.1 Å². The van der Waals surface area contributed by atoms with Crippen molar-refractivity contribution >= 4 is 22.9 Å². The average Bonchev–Trinajstić information content (AvgIpc) is 2.64. The second-order valence-electron chi connectivity index (χ2n) is 3.49. The van der Waals surface area contributed by atoms with E-state index in [0.29, 0.717) is 19.8 Å². The molecule has 0 amide bonds. The van der Waals surface area contributed by atoms with Gasteiger partial charge < -0.3 is 15.2 Å². The van der Waals surface area contributed by atoms with Crippen LogP contribution in [-0.4, -0.2) is 25.9 Å². The number of nitrogens with two attached hydrogens (primary N) is 1. The zero-order chi connectivity index (χ0) is 12.0. The number of hydrogen-bond donors (Lipinski definition) is 1. The Morgan fingerprint density at radius 3 is 2.69 bits per heavy atom. The van der Waals surface area contributed by atoms with E-state index in [-0.39, 0.29) is 12.1 Å². The van der Waals surface area contributed by atoms with E-state index in [9.17, 15) is 0 Å². The predicted octanol–water partition coefficient (Wildman–Crippen LogP) is 2.84. The van der Waals surface area contributed by atoms with E-state index in [0.717, 1.165) is 9.21 Å². The molecule has 0 saturated heterocycles. The number of rotatable bonds is 7. The molecule has 0 aromatic carbocycles. The molecule has 92 valence electrons. The SMILES string of the molecule is CCOCCOC(c1ccc(Cl)s1)C(C)N. The summed E-state index contributed by atoms with van der Waals surface area (Å²) in [6.45, 7) is 5.74. The molecule has 1 heterocycles. The summed E-state index contributed by atoms with van der Waals surface area (Å²) in [6, 6.07) is 3.77. The highest BCUT2D eigenvalue weighted by Crippen LogP contribution is 2.30. The van der Waals surface area contributed by atoms with E-state index >= 15 is 0 Å². The lowest BCUT2D eigenvalue weighted by Gasteiger charge is -2.20. The molecule has 16 heavy (non-hydrogen) atoms. The second kappa shape index (κ2) is 7.25. The number of hydrogen-bond acceptors (Lipinski definition) is 4. The Bertz CT molecular complexity index is 304. The third kappa shape index (κ3) is 4.39. The van der Waals surface area contributed by atoms with E-state index in [1.807, 2.05) is 26.0 Å². The van der Waals surface area contributed by atoms with Crippen molar-refractivity contribution in [1.82, 2.24) is 0 Å². The zero-order valence-electron chi connectivity index (χ0n) is 9.61. The number of thiophene rings is 1. The van der Waals surface area contributed by atoms with Crippen LogP contribution in [0.2, 0.25) is 4.34 Å². The van der Waals surface area contributed by atoms with Gasteiger partial charge >= 0.3 is 0 Å². The van der Waals surface area contributed by atoms with Crippen LogP contribution >= 0.6 is 22.9 Å². The summed E-state index contributed by atoms with van der Waals surface area (Å²) in [4.78, 5) is 1.07. The maximum absolute atomic E-state index is 5.89. The molecular formula is C11H18ClNO2S. The van der Waals surface area contributed by atoms with E-state index in [1.54, 1.807) is 0 Å². The highest BCUT2D eigenvalue weighted by molar-refractivity contribution is 7.16. The monoisotopic (exact) mass is 263 g/mol. The van der Waals surface area contributed by atoms with Crippen molar-refractivity contribution in [2.45, 2.75) is 26.0 Å². The van der Waals surface area contributed by atoms with Crippen molar-refractivity contribution in [3.8, 4) is 0 Å². The first-order valence-corrected chi connectivity index (χ1v) is 6.54. The molecule has 1 aromatic rings. The van der Waals surface area contributed by atoms with Gasteiger partial charge in [-0.2, -0.15) is 0 Å². The molecule has 2 atom stereocenters. The minimum atomic E-state index is -0.0991. The maximum atomic E-state index is 5.89.